The van der Waals surface area contributed by atoms with Crippen LogP contribution >= 0.6 is 38.9 Å². The van der Waals surface area contributed by atoms with Gasteiger partial charge in [-0.25, -0.2) is 9.79 Å². The molecular weight excluding hydrogens is 362 g/mol. The van der Waals surface area contributed by atoms with Crippen LogP contribution in [0.25, 0.3) is 6.08 Å². The van der Waals surface area contributed by atoms with Gasteiger partial charge in [-0.15, -0.1) is 11.3 Å². The molecule has 1 aromatic heterocycles. The summed E-state index contributed by atoms with van der Waals surface area (Å²) in [5, 5.41) is 2.51. The van der Waals surface area contributed by atoms with Crippen molar-refractivity contribution < 1.29 is 9.53 Å². The van der Waals surface area contributed by atoms with Gasteiger partial charge in [-0.2, -0.15) is 0 Å². The average molecular weight is 369 g/mol. The normalized spacial score (nSPS) is 16.4. The minimum Gasteiger partial charge on any atom is -0.402 e. The monoisotopic (exact) mass is 367 g/mol. The number of ether oxygens (including phenoxy) is 1. The molecule has 0 unspecified atom stereocenters. The van der Waals surface area contributed by atoms with Gasteiger partial charge in [-0.3, -0.25) is 0 Å². The van der Waals surface area contributed by atoms with Gasteiger partial charge in [0.1, 0.15) is 0 Å². The molecule has 0 saturated carbocycles. The smallest absolute Gasteiger partial charge is 0.363 e. The van der Waals surface area contributed by atoms with Gasteiger partial charge in [-0.05, 0) is 46.3 Å². The number of carbonyl (C=O) groups excluding carboxylic acids is 1. The number of aliphatic imine (C=N–C) groups is 1. The van der Waals surface area contributed by atoms with Gasteiger partial charge < -0.3 is 4.74 Å². The van der Waals surface area contributed by atoms with Crippen LogP contribution in [0, 0.1) is 0 Å². The average Bonchev–Trinajstić information content (AvgIpc) is 2.97. The fraction of sp³-hybridized carbons (Fsp3) is 0. The molecule has 1 aliphatic heterocycles. The Kier molecular flexibility index (Phi) is 3.74. The Morgan fingerprint density at radius 2 is 2.20 bits per heavy atom. The first-order valence-electron chi connectivity index (χ1n) is 5.64. The van der Waals surface area contributed by atoms with E-state index in [0.29, 0.717) is 10.6 Å². The molecule has 3 rings (SSSR count). The molecule has 20 heavy (non-hydrogen) atoms. The number of hydrogen-bond acceptors (Lipinski definition) is 4. The molecule has 0 fully saturated rings. The Hall–Kier alpha value is -1.43. The van der Waals surface area contributed by atoms with Gasteiger partial charge in [-0.1, -0.05) is 17.7 Å². The minimum atomic E-state index is -0.454. The van der Waals surface area contributed by atoms with Crippen molar-refractivity contribution in [3.63, 3.8) is 0 Å². The molecule has 0 aliphatic carbocycles. The third-order valence-electron chi connectivity index (χ3n) is 2.56. The van der Waals surface area contributed by atoms with Crippen LogP contribution in [-0.4, -0.2) is 11.9 Å². The van der Waals surface area contributed by atoms with E-state index in [-0.39, 0.29) is 11.6 Å². The van der Waals surface area contributed by atoms with Crippen LogP contribution in [-0.2, 0) is 9.53 Å². The summed E-state index contributed by atoms with van der Waals surface area (Å²) in [6.45, 7) is 0. The number of benzene rings is 1. The van der Waals surface area contributed by atoms with Crippen molar-refractivity contribution in [2.75, 3.05) is 0 Å². The maximum atomic E-state index is 11.8. The van der Waals surface area contributed by atoms with Crippen LogP contribution in [0.2, 0.25) is 5.02 Å². The summed E-state index contributed by atoms with van der Waals surface area (Å²) in [4.78, 5) is 17.0. The molecule has 0 N–H and O–H groups in total. The van der Waals surface area contributed by atoms with Crippen LogP contribution in [0.4, 0.5) is 0 Å². The number of thiophene rings is 1. The topological polar surface area (TPSA) is 38.7 Å². The lowest BCUT2D eigenvalue weighted by Crippen LogP contribution is -2.05. The highest BCUT2D eigenvalue weighted by molar-refractivity contribution is 9.10. The van der Waals surface area contributed by atoms with Gasteiger partial charge in [0, 0.05) is 25.3 Å². The Morgan fingerprint density at radius 3 is 2.90 bits per heavy atom. The Balaban J connectivity index is 1.94. The van der Waals surface area contributed by atoms with Crippen molar-refractivity contribution in [2.24, 2.45) is 4.99 Å². The highest BCUT2D eigenvalue weighted by atomic mass is 79.9. The first-order chi connectivity index (χ1) is 9.61. The molecule has 0 amide bonds. The van der Waals surface area contributed by atoms with E-state index in [1.807, 2.05) is 11.4 Å². The molecule has 2 aromatic rings. The van der Waals surface area contributed by atoms with Crippen molar-refractivity contribution in [3.8, 4) is 0 Å². The molecular formula is C14H7BrClNO2S. The molecule has 0 atom stereocenters. The first kappa shape index (κ1) is 13.5. The number of nitrogens with zero attached hydrogens (tertiary/aromatic N) is 1. The van der Waals surface area contributed by atoms with Gasteiger partial charge >= 0.3 is 5.97 Å². The Morgan fingerprint density at radius 1 is 1.35 bits per heavy atom. The summed E-state index contributed by atoms with van der Waals surface area (Å²) < 4.78 is 6.14. The van der Waals surface area contributed by atoms with Crippen LogP contribution in [0.3, 0.4) is 0 Å². The molecule has 0 radical (unpaired) electrons. The number of halogens is 2. The van der Waals surface area contributed by atoms with Gasteiger partial charge in [0.15, 0.2) is 5.70 Å². The minimum absolute atomic E-state index is 0.277. The number of carbonyl (C=O) groups is 1. The fourth-order valence-corrected chi connectivity index (χ4v) is 3.25. The van der Waals surface area contributed by atoms with E-state index < -0.39 is 5.97 Å². The van der Waals surface area contributed by atoms with E-state index in [0.717, 1.165) is 9.35 Å². The zero-order chi connectivity index (χ0) is 14.1. The number of cyclic esters (lactones) is 1. The van der Waals surface area contributed by atoms with Crippen molar-refractivity contribution in [1.29, 1.82) is 0 Å². The van der Waals surface area contributed by atoms with Gasteiger partial charge in [0.25, 0.3) is 0 Å². The molecule has 2 heterocycles. The Bertz CT molecular complexity index is 751. The summed E-state index contributed by atoms with van der Waals surface area (Å²) in [6.07, 6.45) is 1.70. The maximum Gasteiger partial charge on any atom is 0.363 e. The summed E-state index contributed by atoms with van der Waals surface area (Å²) >= 11 is 10.8. The van der Waals surface area contributed by atoms with E-state index in [1.54, 1.807) is 30.3 Å². The van der Waals surface area contributed by atoms with Crippen LogP contribution in [0.1, 0.15) is 10.4 Å². The zero-order valence-electron chi connectivity index (χ0n) is 9.97. The van der Waals surface area contributed by atoms with E-state index >= 15 is 0 Å². The van der Waals surface area contributed by atoms with Crippen molar-refractivity contribution in [2.45, 2.75) is 0 Å². The lowest BCUT2D eigenvalue weighted by atomic mass is 10.2. The van der Waals surface area contributed by atoms with Crippen molar-refractivity contribution in [3.05, 3.63) is 61.3 Å². The molecule has 6 heteroatoms. The lowest BCUT2D eigenvalue weighted by molar-refractivity contribution is -0.129. The third-order valence-corrected chi connectivity index (χ3v) is 4.43. The van der Waals surface area contributed by atoms with Crippen molar-refractivity contribution >= 4 is 56.8 Å². The molecule has 3 nitrogen and oxygen atoms in total. The Labute approximate surface area is 132 Å². The van der Waals surface area contributed by atoms with E-state index in [2.05, 4.69) is 20.9 Å². The van der Waals surface area contributed by atoms with E-state index in [4.69, 9.17) is 16.3 Å². The lowest BCUT2D eigenvalue weighted by Gasteiger charge is -1.98. The first-order valence-corrected chi connectivity index (χ1v) is 7.69. The highest BCUT2D eigenvalue weighted by Gasteiger charge is 2.24. The summed E-state index contributed by atoms with van der Waals surface area (Å²) in [6, 6.07) is 8.95. The molecule has 0 bridgehead atoms. The molecule has 0 spiro atoms. The van der Waals surface area contributed by atoms with Gasteiger partial charge in [0.05, 0.1) is 0 Å². The summed E-state index contributed by atoms with van der Waals surface area (Å²) in [7, 11) is 0. The summed E-state index contributed by atoms with van der Waals surface area (Å²) in [5.74, 6) is -0.177. The predicted octanol–water partition coefficient (Wildman–Crippen LogP) is 4.51. The highest BCUT2D eigenvalue weighted by Crippen LogP contribution is 2.25. The zero-order valence-corrected chi connectivity index (χ0v) is 13.1. The number of esters is 1. The largest absolute Gasteiger partial charge is 0.402 e. The standard InChI is InChI=1S/C14H7BrClNO2S/c15-9-5-11(20-7-9)6-12-14(18)19-13(17-12)8-2-1-3-10(16)4-8/h1-7H/b12-6-. The summed E-state index contributed by atoms with van der Waals surface area (Å²) in [5.41, 5.74) is 0.968. The second-order valence-electron chi connectivity index (χ2n) is 4.01. The number of rotatable bonds is 2. The quantitative estimate of drug-likeness (QED) is 0.578. The molecule has 0 saturated heterocycles. The molecule has 100 valence electrons. The second-order valence-corrected chi connectivity index (χ2v) is 6.31. The predicted molar refractivity (Wildman–Crippen MR) is 84.1 cm³/mol. The van der Waals surface area contributed by atoms with Crippen LogP contribution in [0.15, 0.2) is 50.9 Å². The fourth-order valence-electron chi connectivity index (χ4n) is 1.69. The van der Waals surface area contributed by atoms with Crippen molar-refractivity contribution in [1.82, 2.24) is 0 Å². The molecule has 1 aromatic carbocycles. The maximum absolute atomic E-state index is 11.8. The van der Waals surface area contributed by atoms with E-state index in [9.17, 15) is 4.79 Å². The van der Waals surface area contributed by atoms with E-state index in [1.165, 1.54) is 11.3 Å². The van der Waals surface area contributed by atoms with Gasteiger partial charge in [0.2, 0.25) is 5.90 Å². The molecule has 1 aliphatic rings. The third kappa shape index (κ3) is 2.85. The van der Waals surface area contributed by atoms with Crippen LogP contribution < -0.4 is 0 Å². The SMILES string of the molecule is O=C1OC(c2cccc(Cl)c2)=N/C1=C\c1cc(Br)cs1. The van der Waals surface area contributed by atoms with Crippen LogP contribution in [0.5, 0.6) is 0 Å². The number of hydrogen-bond donors (Lipinski definition) is 0. The second kappa shape index (κ2) is 5.52.